The summed E-state index contributed by atoms with van der Waals surface area (Å²) >= 11 is 7.79. The van der Waals surface area contributed by atoms with Gasteiger partial charge in [-0.15, -0.1) is 11.3 Å². The van der Waals surface area contributed by atoms with E-state index < -0.39 is 23.3 Å². The summed E-state index contributed by atoms with van der Waals surface area (Å²) in [6, 6.07) is 6.11. The number of aromatic nitrogens is 2. The molecule has 226 valence electrons. The maximum Gasteiger partial charge on any atom is 0.319 e. The van der Waals surface area contributed by atoms with Gasteiger partial charge in [-0.3, -0.25) is 4.90 Å². The van der Waals surface area contributed by atoms with Gasteiger partial charge in [0.05, 0.1) is 38.3 Å². The molecule has 4 aromatic rings. The lowest BCUT2D eigenvalue weighted by atomic mass is 9.95. The second kappa shape index (κ2) is 10.5. The second-order valence-corrected chi connectivity index (χ2v) is 12.9. The highest BCUT2D eigenvalue weighted by Crippen LogP contribution is 2.51. The van der Waals surface area contributed by atoms with Gasteiger partial charge in [0, 0.05) is 23.9 Å². The monoisotopic (exact) mass is 639 g/mol. The lowest BCUT2D eigenvalue weighted by Gasteiger charge is -2.31. The van der Waals surface area contributed by atoms with Crippen LogP contribution in [-0.2, 0) is 0 Å². The van der Waals surface area contributed by atoms with Gasteiger partial charge in [-0.2, -0.15) is 20.5 Å². The molecule has 0 amide bonds. The van der Waals surface area contributed by atoms with E-state index in [9.17, 15) is 19.3 Å². The number of ether oxygens (including phenoxy) is 2. The second-order valence-electron chi connectivity index (χ2n) is 11.4. The number of benzene rings is 2. The number of thiophene rings is 1. The van der Waals surface area contributed by atoms with E-state index in [0.29, 0.717) is 13.0 Å². The zero-order valence-electron chi connectivity index (χ0n) is 23.5. The predicted molar refractivity (Wildman–Crippen MR) is 161 cm³/mol. The summed E-state index contributed by atoms with van der Waals surface area (Å²) in [7, 11) is 0. The Morgan fingerprint density at radius 2 is 2.09 bits per heavy atom. The standard InChI is InChI=1S/C30H25ClF3N7O2S/c1-14-12-42-25-21-24(23(34)20(22(25)31)16-3-4-18(33)26-19(16)17(10-36)27(37)44-26)38-29(39-28(21)41(14)8-6-35)43-13-30-5-2-7-40(30)11-15(32)9-30/h3-4,14-15H,2,5,7-9,11-13,37H2,1H3/t14-,15+,30-/m0/s1. The maximum atomic E-state index is 16.9. The van der Waals surface area contributed by atoms with Crippen LogP contribution in [0.2, 0.25) is 5.02 Å². The van der Waals surface area contributed by atoms with Crippen LogP contribution in [0.25, 0.3) is 32.1 Å². The zero-order chi connectivity index (χ0) is 30.9. The molecule has 5 heterocycles. The van der Waals surface area contributed by atoms with E-state index in [1.165, 1.54) is 6.07 Å². The smallest absolute Gasteiger partial charge is 0.319 e. The Kier molecular flexibility index (Phi) is 6.88. The average molecular weight is 640 g/mol. The van der Waals surface area contributed by atoms with Crippen LogP contribution in [0.3, 0.4) is 0 Å². The SMILES string of the molecule is C[C@H]1COc2c(Cl)c(-c3ccc(F)c4sc(N)c(C#N)c34)c(F)c3nc(OC[C@@]45CCCN4C[C@H](F)C5)nc(c23)N1CC#N. The van der Waals surface area contributed by atoms with Crippen LogP contribution in [0.1, 0.15) is 31.7 Å². The zero-order valence-corrected chi connectivity index (χ0v) is 25.0. The molecule has 14 heteroatoms. The van der Waals surface area contributed by atoms with Crippen molar-refractivity contribution < 1.29 is 22.6 Å². The molecule has 3 aliphatic rings. The molecule has 2 saturated heterocycles. The molecule has 0 aliphatic carbocycles. The van der Waals surface area contributed by atoms with Crippen LogP contribution in [0.5, 0.6) is 11.8 Å². The molecule has 9 nitrogen and oxygen atoms in total. The highest BCUT2D eigenvalue weighted by atomic mass is 35.5. The third-order valence-electron chi connectivity index (χ3n) is 8.89. The number of hydrogen-bond donors (Lipinski definition) is 1. The summed E-state index contributed by atoms with van der Waals surface area (Å²) < 4.78 is 58.5. The first-order valence-electron chi connectivity index (χ1n) is 14.1. The summed E-state index contributed by atoms with van der Waals surface area (Å²) in [6.07, 6.45) is 1.02. The number of nitrogen functional groups attached to an aromatic ring is 1. The summed E-state index contributed by atoms with van der Waals surface area (Å²) in [6.45, 7) is 3.03. The molecule has 2 aromatic carbocycles. The van der Waals surface area contributed by atoms with E-state index >= 15 is 4.39 Å². The van der Waals surface area contributed by atoms with Crippen molar-refractivity contribution in [1.29, 1.82) is 10.5 Å². The third kappa shape index (κ3) is 4.21. The van der Waals surface area contributed by atoms with Gasteiger partial charge in [-0.25, -0.2) is 13.2 Å². The largest absolute Gasteiger partial charge is 0.489 e. The van der Waals surface area contributed by atoms with Crippen molar-refractivity contribution in [2.45, 2.75) is 43.9 Å². The van der Waals surface area contributed by atoms with Crippen molar-refractivity contribution in [3.8, 4) is 35.0 Å². The van der Waals surface area contributed by atoms with Crippen molar-refractivity contribution in [3.05, 3.63) is 34.4 Å². The van der Waals surface area contributed by atoms with Crippen LogP contribution in [0.4, 0.5) is 24.0 Å². The number of fused-ring (bicyclic) bond motifs is 2. The van der Waals surface area contributed by atoms with Gasteiger partial charge in [-0.05, 0) is 37.9 Å². The van der Waals surface area contributed by atoms with Crippen molar-refractivity contribution >= 4 is 54.7 Å². The van der Waals surface area contributed by atoms with Crippen molar-refractivity contribution in [2.24, 2.45) is 0 Å². The molecule has 44 heavy (non-hydrogen) atoms. The summed E-state index contributed by atoms with van der Waals surface area (Å²) in [5.74, 6) is -1.19. The number of nitrogens with two attached hydrogens (primary N) is 1. The molecule has 2 aromatic heterocycles. The van der Waals surface area contributed by atoms with Crippen LogP contribution < -0.4 is 20.1 Å². The first kappa shape index (κ1) is 28.7. The molecule has 2 fully saturated rings. The Balaban J connectivity index is 1.46. The first-order valence-corrected chi connectivity index (χ1v) is 15.3. The quantitative estimate of drug-likeness (QED) is 0.263. The fourth-order valence-corrected chi connectivity index (χ4v) is 8.13. The minimum atomic E-state index is -0.966. The predicted octanol–water partition coefficient (Wildman–Crippen LogP) is 5.96. The van der Waals surface area contributed by atoms with E-state index in [4.69, 9.17) is 26.8 Å². The highest BCUT2D eigenvalue weighted by Gasteiger charge is 2.49. The highest BCUT2D eigenvalue weighted by molar-refractivity contribution is 7.23. The number of halogens is 4. The van der Waals surface area contributed by atoms with E-state index in [1.807, 2.05) is 13.0 Å². The normalized spacial score (nSPS) is 22.9. The van der Waals surface area contributed by atoms with Gasteiger partial charge in [0.25, 0.3) is 0 Å². The van der Waals surface area contributed by atoms with E-state index in [-0.39, 0.29) is 91.1 Å². The third-order valence-corrected chi connectivity index (χ3v) is 10.3. The average Bonchev–Trinajstić information content (AvgIpc) is 3.61. The molecule has 0 unspecified atom stereocenters. The molecule has 0 radical (unpaired) electrons. The van der Waals surface area contributed by atoms with E-state index in [2.05, 4.69) is 20.9 Å². The summed E-state index contributed by atoms with van der Waals surface area (Å²) in [5, 5.41) is 19.7. The van der Waals surface area contributed by atoms with Gasteiger partial charge < -0.3 is 20.1 Å². The van der Waals surface area contributed by atoms with Gasteiger partial charge in [0.15, 0.2) is 11.6 Å². The number of nitrogens with zero attached hydrogens (tertiary/aromatic N) is 6. The van der Waals surface area contributed by atoms with Crippen LogP contribution >= 0.6 is 22.9 Å². The molecule has 3 atom stereocenters. The van der Waals surface area contributed by atoms with Gasteiger partial charge in [-0.1, -0.05) is 17.7 Å². The molecule has 0 bridgehead atoms. The number of anilines is 2. The number of alkyl halides is 1. The van der Waals surface area contributed by atoms with Gasteiger partial charge >= 0.3 is 6.01 Å². The molecule has 0 spiro atoms. The van der Waals surface area contributed by atoms with E-state index in [0.717, 1.165) is 36.8 Å². The molecule has 3 aliphatic heterocycles. The van der Waals surface area contributed by atoms with Crippen molar-refractivity contribution in [2.75, 3.05) is 43.5 Å². The summed E-state index contributed by atoms with van der Waals surface area (Å²) in [5.41, 5.74) is 5.35. The maximum absolute atomic E-state index is 16.9. The van der Waals surface area contributed by atoms with Crippen LogP contribution in [0.15, 0.2) is 12.1 Å². The Hall–Kier alpha value is -4.04. The lowest BCUT2D eigenvalue weighted by molar-refractivity contribution is 0.107. The number of hydrogen-bond acceptors (Lipinski definition) is 10. The van der Waals surface area contributed by atoms with Crippen molar-refractivity contribution in [3.63, 3.8) is 0 Å². The fraction of sp³-hybridized carbons (Fsp3) is 0.400. The van der Waals surface area contributed by atoms with Gasteiger partial charge in [0.1, 0.15) is 54.2 Å². The Labute approximate surface area is 259 Å². The first-order chi connectivity index (χ1) is 21.2. The minimum absolute atomic E-state index is 0.00571. The number of nitriles is 2. The Morgan fingerprint density at radius 1 is 1.27 bits per heavy atom. The Bertz CT molecular complexity index is 1940. The van der Waals surface area contributed by atoms with Crippen molar-refractivity contribution in [1.82, 2.24) is 14.9 Å². The van der Waals surface area contributed by atoms with Gasteiger partial charge in [0.2, 0.25) is 0 Å². The van der Waals surface area contributed by atoms with Crippen LogP contribution in [-0.4, -0.2) is 65.5 Å². The lowest BCUT2D eigenvalue weighted by Crippen LogP contribution is -2.43. The molecule has 2 N–H and O–H groups in total. The topological polar surface area (TPSA) is 124 Å². The molecular formula is C30H25ClF3N7O2S. The molecule has 7 rings (SSSR count). The fourth-order valence-electron chi connectivity index (χ4n) is 6.85. The van der Waals surface area contributed by atoms with E-state index in [1.54, 1.807) is 4.90 Å². The number of rotatable bonds is 5. The minimum Gasteiger partial charge on any atom is -0.489 e. The summed E-state index contributed by atoms with van der Waals surface area (Å²) in [4.78, 5) is 12.8. The Morgan fingerprint density at radius 3 is 2.86 bits per heavy atom. The van der Waals surface area contributed by atoms with Crippen LogP contribution in [0, 0.1) is 34.3 Å². The molecule has 0 saturated carbocycles. The molecular weight excluding hydrogens is 615 g/mol.